The second-order valence-corrected chi connectivity index (χ2v) is 7.74. The lowest BCUT2D eigenvalue weighted by Crippen LogP contribution is -2.56. The van der Waals surface area contributed by atoms with Crippen LogP contribution in [-0.2, 0) is 23.8 Å². The zero-order valence-electron chi connectivity index (χ0n) is 17.4. The van der Waals surface area contributed by atoms with E-state index in [1.807, 2.05) is 0 Å². The van der Waals surface area contributed by atoms with Gasteiger partial charge in [-0.3, -0.25) is 9.59 Å². The first-order chi connectivity index (χ1) is 14.5. The zero-order chi connectivity index (χ0) is 22.9. The summed E-state index contributed by atoms with van der Waals surface area (Å²) in [7, 11) is 1.28. The number of methoxy groups -OCH3 is 1. The molecule has 3 atom stereocenters. The molecule has 1 aromatic rings. The predicted molar refractivity (Wildman–Crippen MR) is 106 cm³/mol. The van der Waals surface area contributed by atoms with E-state index in [0.717, 1.165) is 6.07 Å². The highest BCUT2D eigenvalue weighted by Gasteiger charge is 2.51. The molecule has 0 fully saturated rings. The van der Waals surface area contributed by atoms with Gasteiger partial charge in [0.15, 0.2) is 11.4 Å². The van der Waals surface area contributed by atoms with E-state index in [-0.39, 0.29) is 36.3 Å². The molecule has 3 N–H and O–H groups in total. The standard InChI is InChI=1S/C22H24O9/c1-11-6-13(23)9-16(24)19(11)21(27)31-20-15-10-30-14(4-5-18(26)29-3)7-12(15)8-17(25)22(20,2)28/h6-9,15,20,23-24,28H,4-5,10H2,1-3H3/t15-,20+,22-/m1/s1. The van der Waals surface area contributed by atoms with Crippen LogP contribution in [0, 0.1) is 12.8 Å². The molecule has 9 heteroatoms. The van der Waals surface area contributed by atoms with Gasteiger partial charge in [-0.1, -0.05) is 0 Å². The first-order valence-electron chi connectivity index (χ1n) is 9.66. The summed E-state index contributed by atoms with van der Waals surface area (Å²) in [5.41, 5.74) is -1.41. The van der Waals surface area contributed by atoms with Crippen LogP contribution in [0.2, 0.25) is 0 Å². The molecule has 0 amide bonds. The van der Waals surface area contributed by atoms with Gasteiger partial charge >= 0.3 is 11.9 Å². The third-order valence-electron chi connectivity index (χ3n) is 5.46. The van der Waals surface area contributed by atoms with Crippen molar-refractivity contribution in [3.8, 4) is 11.5 Å². The quantitative estimate of drug-likeness (QED) is 0.593. The Hall–Kier alpha value is -3.33. The topological polar surface area (TPSA) is 140 Å². The van der Waals surface area contributed by atoms with Crippen molar-refractivity contribution in [2.75, 3.05) is 13.7 Å². The number of aryl methyl sites for hydroxylation is 1. The summed E-state index contributed by atoms with van der Waals surface area (Å²) in [4.78, 5) is 36.7. The van der Waals surface area contributed by atoms with Gasteiger partial charge in [0, 0.05) is 12.5 Å². The lowest BCUT2D eigenvalue weighted by Gasteiger charge is -2.41. The first-order valence-corrected chi connectivity index (χ1v) is 9.66. The van der Waals surface area contributed by atoms with Crippen LogP contribution >= 0.6 is 0 Å². The van der Waals surface area contributed by atoms with Gasteiger partial charge in [0.1, 0.15) is 23.2 Å². The van der Waals surface area contributed by atoms with Gasteiger partial charge in [-0.25, -0.2) is 4.79 Å². The first kappa shape index (κ1) is 22.4. The van der Waals surface area contributed by atoms with Crippen molar-refractivity contribution in [3.05, 3.63) is 46.7 Å². The molecule has 2 aliphatic rings. The number of carbonyl (C=O) groups is 3. The van der Waals surface area contributed by atoms with Crippen LogP contribution in [0.5, 0.6) is 11.5 Å². The van der Waals surface area contributed by atoms with Crippen LogP contribution in [0.4, 0.5) is 0 Å². The number of esters is 2. The van der Waals surface area contributed by atoms with Crippen molar-refractivity contribution in [2.45, 2.75) is 38.4 Å². The molecule has 1 aliphatic heterocycles. The van der Waals surface area contributed by atoms with E-state index in [2.05, 4.69) is 4.74 Å². The Bertz CT molecular complexity index is 964. The molecule has 31 heavy (non-hydrogen) atoms. The highest BCUT2D eigenvalue weighted by molar-refractivity contribution is 6.00. The van der Waals surface area contributed by atoms with Crippen molar-refractivity contribution < 1.29 is 43.9 Å². The van der Waals surface area contributed by atoms with E-state index in [0.29, 0.717) is 11.3 Å². The molecule has 0 saturated carbocycles. The largest absolute Gasteiger partial charge is 0.508 e. The van der Waals surface area contributed by atoms with Crippen LogP contribution in [0.3, 0.4) is 0 Å². The van der Waals surface area contributed by atoms with Gasteiger partial charge in [0.05, 0.1) is 31.8 Å². The third kappa shape index (κ3) is 4.41. The summed E-state index contributed by atoms with van der Waals surface area (Å²) in [5.74, 6) is -2.87. The van der Waals surface area contributed by atoms with Gasteiger partial charge in [0.25, 0.3) is 0 Å². The summed E-state index contributed by atoms with van der Waals surface area (Å²) in [6.07, 6.45) is 1.96. The number of rotatable bonds is 5. The van der Waals surface area contributed by atoms with Crippen molar-refractivity contribution in [3.63, 3.8) is 0 Å². The van der Waals surface area contributed by atoms with Crippen molar-refractivity contribution in [2.24, 2.45) is 5.92 Å². The molecule has 1 aromatic carbocycles. The van der Waals surface area contributed by atoms with Gasteiger partial charge in [0.2, 0.25) is 0 Å². The number of allylic oxidation sites excluding steroid dienone is 2. The SMILES string of the molecule is COC(=O)CCC1=CC2=CC(=O)[C@@](C)(O)[C@@H](OC(=O)c3c(C)cc(O)cc3O)[C@@H]2CO1. The van der Waals surface area contributed by atoms with E-state index in [9.17, 15) is 29.7 Å². The second-order valence-electron chi connectivity index (χ2n) is 7.74. The number of aliphatic hydroxyl groups is 1. The van der Waals surface area contributed by atoms with Gasteiger partial charge < -0.3 is 29.5 Å². The number of aromatic hydroxyl groups is 2. The van der Waals surface area contributed by atoms with Crippen molar-refractivity contribution in [1.82, 2.24) is 0 Å². The van der Waals surface area contributed by atoms with E-state index >= 15 is 0 Å². The summed E-state index contributed by atoms with van der Waals surface area (Å²) in [6.45, 7) is 2.77. The number of fused-ring (bicyclic) bond motifs is 1. The molecular weight excluding hydrogens is 408 g/mol. The van der Waals surface area contributed by atoms with E-state index in [1.165, 1.54) is 33.1 Å². The molecule has 0 unspecified atom stereocenters. The summed E-state index contributed by atoms with van der Waals surface area (Å²) < 4.78 is 15.8. The van der Waals surface area contributed by atoms with Crippen molar-refractivity contribution in [1.29, 1.82) is 0 Å². The lowest BCUT2D eigenvalue weighted by atomic mass is 9.74. The Balaban J connectivity index is 1.87. The monoisotopic (exact) mass is 432 g/mol. The normalized spacial score (nSPS) is 25.0. The highest BCUT2D eigenvalue weighted by Crippen LogP contribution is 2.39. The Morgan fingerprint density at radius 1 is 1.26 bits per heavy atom. The number of ether oxygens (including phenoxy) is 3. The zero-order valence-corrected chi connectivity index (χ0v) is 17.4. The van der Waals surface area contributed by atoms with Crippen LogP contribution < -0.4 is 0 Å². The minimum Gasteiger partial charge on any atom is -0.508 e. The number of phenols is 2. The van der Waals surface area contributed by atoms with Gasteiger partial charge in [-0.05, 0) is 43.2 Å². The maximum absolute atomic E-state index is 12.8. The molecule has 1 heterocycles. The van der Waals surface area contributed by atoms with Crippen LogP contribution in [-0.4, -0.2) is 58.5 Å². The third-order valence-corrected chi connectivity index (χ3v) is 5.46. The Labute approximate surface area is 178 Å². The Kier molecular flexibility index (Phi) is 6.08. The number of benzene rings is 1. The molecule has 9 nitrogen and oxygen atoms in total. The Morgan fingerprint density at radius 2 is 1.97 bits per heavy atom. The fraction of sp³-hybridized carbons (Fsp3) is 0.409. The van der Waals surface area contributed by atoms with E-state index < -0.39 is 41.1 Å². The second kappa shape index (κ2) is 8.43. The minimum absolute atomic E-state index is 0.0146. The van der Waals surface area contributed by atoms with Gasteiger partial charge in [-0.15, -0.1) is 0 Å². The molecule has 166 valence electrons. The molecule has 0 spiro atoms. The van der Waals surface area contributed by atoms with Crippen LogP contribution in [0.15, 0.2) is 35.6 Å². The Morgan fingerprint density at radius 3 is 2.61 bits per heavy atom. The van der Waals surface area contributed by atoms with Crippen LogP contribution in [0.25, 0.3) is 0 Å². The number of hydrogen-bond donors (Lipinski definition) is 3. The fourth-order valence-corrected chi connectivity index (χ4v) is 3.73. The molecule has 0 saturated heterocycles. The maximum atomic E-state index is 12.8. The minimum atomic E-state index is -2.01. The summed E-state index contributed by atoms with van der Waals surface area (Å²) >= 11 is 0. The molecule has 0 aromatic heterocycles. The summed E-state index contributed by atoms with van der Waals surface area (Å²) in [5, 5.41) is 30.4. The van der Waals surface area contributed by atoms with Gasteiger partial charge in [-0.2, -0.15) is 0 Å². The van der Waals surface area contributed by atoms with Crippen molar-refractivity contribution >= 4 is 17.7 Å². The fourth-order valence-electron chi connectivity index (χ4n) is 3.73. The molecule has 0 bridgehead atoms. The number of phenolic OH excluding ortho intramolecular Hbond substituents is 2. The molecule has 3 rings (SSSR count). The van der Waals surface area contributed by atoms with E-state index in [4.69, 9.17) is 9.47 Å². The molecule has 1 aliphatic carbocycles. The predicted octanol–water partition coefficient (Wildman–Crippen LogP) is 1.68. The number of carbonyl (C=O) groups excluding carboxylic acids is 3. The number of hydrogen-bond acceptors (Lipinski definition) is 9. The highest BCUT2D eigenvalue weighted by atomic mass is 16.6. The molecule has 0 radical (unpaired) electrons. The average molecular weight is 432 g/mol. The smallest absolute Gasteiger partial charge is 0.342 e. The number of ketones is 1. The van der Waals surface area contributed by atoms with E-state index in [1.54, 1.807) is 6.08 Å². The summed E-state index contributed by atoms with van der Waals surface area (Å²) in [6, 6.07) is 2.28. The lowest BCUT2D eigenvalue weighted by molar-refractivity contribution is -0.151. The maximum Gasteiger partial charge on any atom is 0.342 e. The van der Waals surface area contributed by atoms with Crippen LogP contribution in [0.1, 0.15) is 35.7 Å². The average Bonchev–Trinajstić information content (AvgIpc) is 2.68. The molecular formula is C22H24O9.